The van der Waals surface area contributed by atoms with Crippen LogP contribution in [0.5, 0.6) is 5.75 Å². The summed E-state index contributed by atoms with van der Waals surface area (Å²) >= 11 is 3.50. The number of aryl methyl sites for hydroxylation is 1. The maximum absolute atomic E-state index is 5.45. The van der Waals surface area contributed by atoms with Crippen molar-refractivity contribution < 1.29 is 4.74 Å². The molecule has 0 fully saturated rings. The number of methoxy groups -OCH3 is 1. The molecule has 0 spiro atoms. The first kappa shape index (κ1) is 13.5. The lowest BCUT2D eigenvalue weighted by atomic mass is 10.1. The summed E-state index contributed by atoms with van der Waals surface area (Å²) in [5.74, 6) is 0.895. The van der Waals surface area contributed by atoms with Gasteiger partial charge in [-0.05, 0) is 59.4 Å². The van der Waals surface area contributed by atoms with E-state index in [9.17, 15) is 0 Å². The molecule has 2 nitrogen and oxygen atoms in total. The van der Waals surface area contributed by atoms with Crippen LogP contribution in [-0.4, -0.2) is 13.7 Å². The molecule has 0 aliphatic rings. The maximum atomic E-state index is 5.45. The Morgan fingerprint density at radius 2 is 1.94 bits per heavy atom. The Balaban J connectivity index is 2.34. The molecule has 0 bridgehead atoms. The fourth-order valence-electron chi connectivity index (χ4n) is 1.69. The number of nitrogens with two attached hydrogens (primary N) is 1. The molecule has 1 rings (SSSR count). The van der Waals surface area contributed by atoms with Gasteiger partial charge in [0.25, 0.3) is 0 Å². The summed E-state index contributed by atoms with van der Waals surface area (Å²) in [6.45, 7) is 0.814. The first-order valence-electron chi connectivity index (χ1n) is 5.80. The zero-order valence-electron chi connectivity index (χ0n) is 9.84. The predicted octanol–water partition coefficient (Wildman–Crippen LogP) is 3.52. The SMILES string of the molecule is COc1ccc(CCCCCCN)cc1Br. The van der Waals surface area contributed by atoms with Gasteiger partial charge in [-0.1, -0.05) is 18.9 Å². The number of hydrogen-bond donors (Lipinski definition) is 1. The van der Waals surface area contributed by atoms with Gasteiger partial charge in [0.1, 0.15) is 5.75 Å². The van der Waals surface area contributed by atoms with Crippen molar-refractivity contribution in [1.29, 1.82) is 0 Å². The van der Waals surface area contributed by atoms with Crippen LogP contribution >= 0.6 is 15.9 Å². The molecular formula is C13H20BrNO. The van der Waals surface area contributed by atoms with E-state index in [1.54, 1.807) is 7.11 Å². The monoisotopic (exact) mass is 285 g/mol. The van der Waals surface area contributed by atoms with E-state index >= 15 is 0 Å². The van der Waals surface area contributed by atoms with Gasteiger partial charge in [-0.3, -0.25) is 0 Å². The van der Waals surface area contributed by atoms with Gasteiger partial charge in [-0.2, -0.15) is 0 Å². The third-order valence-electron chi connectivity index (χ3n) is 2.64. The molecule has 3 heteroatoms. The van der Waals surface area contributed by atoms with Gasteiger partial charge >= 0.3 is 0 Å². The zero-order chi connectivity index (χ0) is 11.8. The molecule has 90 valence electrons. The topological polar surface area (TPSA) is 35.2 Å². The van der Waals surface area contributed by atoms with Crippen molar-refractivity contribution in [2.75, 3.05) is 13.7 Å². The van der Waals surface area contributed by atoms with Crippen LogP contribution in [0.2, 0.25) is 0 Å². The number of rotatable bonds is 7. The van der Waals surface area contributed by atoms with E-state index in [2.05, 4.69) is 28.1 Å². The fourth-order valence-corrected chi connectivity index (χ4v) is 2.28. The second kappa shape index (κ2) is 7.69. The molecule has 0 saturated carbocycles. The minimum absolute atomic E-state index is 0.814. The number of unbranched alkanes of at least 4 members (excludes halogenated alkanes) is 3. The number of halogens is 1. The van der Waals surface area contributed by atoms with Crippen molar-refractivity contribution in [3.8, 4) is 5.75 Å². The molecule has 0 aromatic heterocycles. The molecule has 0 heterocycles. The van der Waals surface area contributed by atoms with Crippen LogP contribution in [0, 0.1) is 0 Å². The average Bonchev–Trinajstić information content (AvgIpc) is 2.29. The second-order valence-electron chi connectivity index (χ2n) is 3.92. The van der Waals surface area contributed by atoms with Gasteiger partial charge < -0.3 is 10.5 Å². The van der Waals surface area contributed by atoms with Crippen LogP contribution < -0.4 is 10.5 Å². The van der Waals surface area contributed by atoms with Crippen LogP contribution in [0.15, 0.2) is 22.7 Å². The highest BCUT2D eigenvalue weighted by molar-refractivity contribution is 9.10. The summed E-state index contributed by atoms with van der Waals surface area (Å²) in [6, 6.07) is 6.29. The van der Waals surface area contributed by atoms with Crippen molar-refractivity contribution >= 4 is 15.9 Å². The number of hydrogen-bond acceptors (Lipinski definition) is 2. The van der Waals surface area contributed by atoms with Crippen molar-refractivity contribution in [2.45, 2.75) is 32.1 Å². The predicted molar refractivity (Wildman–Crippen MR) is 71.9 cm³/mol. The lowest BCUT2D eigenvalue weighted by Gasteiger charge is -2.06. The van der Waals surface area contributed by atoms with Crippen molar-refractivity contribution in [3.63, 3.8) is 0 Å². The van der Waals surface area contributed by atoms with Crippen LogP contribution in [0.4, 0.5) is 0 Å². The van der Waals surface area contributed by atoms with Crippen molar-refractivity contribution in [2.24, 2.45) is 5.73 Å². The first-order chi connectivity index (χ1) is 7.77. The van der Waals surface area contributed by atoms with Crippen molar-refractivity contribution in [3.05, 3.63) is 28.2 Å². The zero-order valence-corrected chi connectivity index (χ0v) is 11.4. The minimum Gasteiger partial charge on any atom is -0.496 e. The third-order valence-corrected chi connectivity index (χ3v) is 3.26. The highest BCUT2D eigenvalue weighted by Crippen LogP contribution is 2.26. The lowest BCUT2D eigenvalue weighted by Crippen LogP contribution is -1.97. The standard InChI is InChI=1S/C13H20BrNO/c1-16-13-8-7-11(10-12(13)14)6-4-2-3-5-9-15/h7-8,10H,2-6,9,15H2,1H3. The summed E-state index contributed by atoms with van der Waals surface area (Å²) in [5, 5.41) is 0. The maximum Gasteiger partial charge on any atom is 0.133 e. The van der Waals surface area contributed by atoms with E-state index in [0.717, 1.165) is 29.6 Å². The van der Waals surface area contributed by atoms with E-state index in [1.807, 2.05) is 6.07 Å². The van der Waals surface area contributed by atoms with Gasteiger partial charge in [0.15, 0.2) is 0 Å². The quantitative estimate of drug-likeness (QED) is 0.778. The van der Waals surface area contributed by atoms with Gasteiger partial charge in [0, 0.05) is 0 Å². The van der Waals surface area contributed by atoms with Crippen LogP contribution in [-0.2, 0) is 6.42 Å². The summed E-state index contributed by atoms with van der Waals surface area (Å²) < 4.78 is 6.23. The Labute approximate surface area is 106 Å². The highest BCUT2D eigenvalue weighted by Gasteiger charge is 2.01. The minimum atomic E-state index is 0.814. The molecule has 16 heavy (non-hydrogen) atoms. The van der Waals surface area contributed by atoms with Crippen molar-refractivity contribution in [1.82, 2.24) is 0 Å². The average molecular weight is 286 g/mol. The summed E-state index contributed by atoms with van der Waals surface area (Å²) in [7, 11) is 1.69. The van der Waals surface area contributed by atoms with Crippen LogP contribution in [0.1, 0.15) is 31.2 Å². The molecular weight excluding hydrogens is 266 g/mol. The molecule has 0 atom stereocenters. The lowest BCUT2D eigenvalue weighted by molar-refractivity contribution is 0.412. The Morgan fingerprint density at radius 3 is 2.56 bits per heavy atom. The van der Waals surface area contributed by atoms with Gasteiger partial charge in [-0.15, -0.1) is 0 Å². The van der Waals surface area contributed by atoms with E-state index in [-0.39, 0.29) is 0 Å². The molecule has 0 aliphatic carbocycles. The summed E-state index contributed by atoms with van der Waals surface area (Å²) in [6.07, 6.45) is 6.02. The molecule has 0 radical (unpaired) electrons. The van der Waals surface area contributed by atoms with Gasteiger partial charge in [-0.25, -0.2) is 0 Å². The van der Waals surface area contributed by atoms with E-state index in [1.165, 1.54) is 24.8 Å². The van der Waals surface area contributed by atoms with E-state index in [0.29, 0.717) is 0 Å². The molecule has 0 aliphatic heterocycles. The normalized spacial score (nSPS) is 10.4. The molecule has 0 saturated heterocycles. The Kier molecular flexibility index (Phi) is 6.50. The number of ether oxygens (including phenoxy) is 1. The second-order valence-corrected chi connectivity index (χ2v) is 4.78. The first-order valence-corrected chi connectivity index (χ1v) is 6.59. The smallest absolute Gasteiger partial charge is 0.133 e. The van der Waals surface area contributed by atoms with Crippen LogP contribution in [0.3, 0.4) is 0 Å². The van der Waals surface area contributed by atoms with E-state index in [4.69, 9.17) is 10.5 Å². The van der Waals surface area contributed by atoms with Crippen LogP contribution in [0.25, 0.3) is 0 Å². The van der Waals surface area contributed by atoms with Gasteiger partial charge in [0.2, 0.25) is 0 Å². The molecule has 2 N–H and O–H groups in total. The summed E-state index contributed by atoms with van der Waals surface area (Å²) in [4.78, 5) is 0. The molecule has 0 unspecified atom stereocenters. The molecule has 1 aromatic rings. The molecule has 1 aromatic carbocycles. The summed E-state index contributed by atoms with van der Waals surface area (Å²) in [5.41, 5.74) is 6.82. The van der Waals surface area contributed by atoms with E-state index < -0.39 is 0 Å². The fraction of sp³-hybridized carbons (Fsp3) is 0.538. The molecule has 0 amide bonds. The number of benzene rings is 1. The third kappa shape index (κ3) is 4.54. The Bertz CT molecular complexity index is 315. The highest BCUT2D eigenvalue weighted by atomic mass is 79.9. The Morgan fingerprint density at radius 1 is 1.19 bits per heavy atom. The largest absolute Gasteiger partial charge is 0.496 e. The Hall–Kier alpha value is -0.540. The van der Waals surface area contributed by atoms with Gasteiger partial charge in [0.05, 0.1) is 11.6 Å².